The maximum Gasteiger partial charge on any atom is 0.449 e. The van der Waals surface area contributed by atoms with Crippen molar-refractivity contribution in [2.75, 3.05) is 6.54 Å². The Labute approximate surface area is 140 Å². The Morgan fingerprint density at radius 1 is 1.50 bits per heavy atom. The molecule has 13 heteroatoms. The van der Waals surface area contributed by atoms with Crippen LogP contribution in [0.5, 0.6) is 0 Å². The van der Waals surface area contributed by atoms with Crippen molar-refractivity contribution < 1.29 is 34.2 Å². The molecule has 0 fully saturated rings. The number of hydrogen-bond donors (Lipinski definition) is 7. The molecule has 1 aromatic heterocycles. The molecule has 24 heavy (non-hydrogen) atoms. The van der Waals surface area contributed by atoms with Crippen LogP contribution in [-0.4, -0.2) is 45.9 Å². The lowest BCUT2D eigenvalue weighted by atomic mass is 10.1. The van der Waals surface area contributed by atoms with E-state index in [1.165, 1.54) is 23.3 Å². The highest BCUT2D eigenvalue weighted by molar-refractivity contribution is 7.73. The lowest BCUT2D eigenvalue weighted by Gasteiger charge is -2.29. The van der Waals surface area contributed by atoms with Gasteiger partial charge < -0.3 is 14.6 Å². The minimum atomic E-state index is -4.89. The zero-order valence-corrected chi connectivity index (χ0v) is 15.1. The number of rotatable bonds is 11. The van der Waals surface area contributed by atoms with Gasteiger partial charge in [-0.1, -0.05) is 24.7 Å². The molecule has 0 spiro atoms. The van der Waals surface area contributed by atoms with Crippen LogP contribution < -0.4 is 11.1 Å². The van der Waals surface area contributed by atoms with Crippen LogP contribution in [-0.2, 0) is 16.1 Å². The van der Waals surface area contributed by atoms with Crippen LogP contribution in [0.3, 0.4) is 0 Å². The molecule has 3 atom stereocenters. The first kappa shape index (κ1) is 21.5. The summed E-state index contributed by atoms with van der Waals surface area (Å²) in [6, 6.07) is 0. The van der Waals surface area contributed by atoms with E-state index in [4.69, 9.17) is 4.94 Å². The molecule has 0 aliphatic heterocycles. The number of hydroxylamine groups is 1. The van der Waals surface area contributed by atoms with Crippen LogP contribution >= 0.6 is 16.3 Å². The molecule has 1 aromatic rings. The molecule has 1 rings (SSSR count). The number of nitrogens with one attached hydrogen (secondary N) is 2. The zero-order chi connectivity index (χ0) is 18.4. The van der Waals surface area contributed by atoms with Crippen LogP contribution in [0.2, 0.25) is 0 Å². The van der Waals surface area contributed by atoms with Gasteiger partial charge in [0.25, 0.3) is 8.38 Å². The third-order valence-corrected chi connectivity index (χ3v) is 6.63. The molecule has 1 heterocycles. The standard InChI is InChI=1S/C11H23N4O7P2/c1-9(2)10(3)6-13-21-14-22-23(17)11(16,24(18,19)20)7-15-5-4-12-8-15/h4-5,8,10,13-14,16-20H,1,6-7H2,2-3H3/q+1/t10-,11?,23+/m0/s1. The van der Waals surface area contributed by atoms with E-state index in [9.17, 15) is 24.7 Å². The minimum absolute atomic E-state index is 0.117. The van der Waals surface area contributed by atoms with Gasteiger partial charge in [-0.15, -0.1) is 0 Å². The van der Waals surface area contributed by atoms with Gasteiger partial charge >= 0.3 is 13.0 Å². The predicted molar refractivity (Wildman–Crippen MR) is 87.2 cm³/mol. The summed E-state index contributed by atoms with van der Waals surface area (Å²) in [5.41, 5.74) is 5.29. The lowest BCUT2D eigenvalue weighted by Crippen LogP contribution is -2.37. The fourth-order valence-electron chi connectivity index (χ4n) is 1.39. The third-order valence-electron chi connectivity index (χ3n) is 3.21. The van der Waals surface area contributed by atoms with Gasteiger partial charge in [0.2, 0.25) is 0 Å². The van der Waals surface area contributed by atoms with E-state index < -0.39 is 27.9 Å². The van der Waals surface area contributed by atoms with Crippen molar-refractivity contribution in [3.63, 3.8) is 0 Å². The molecule has 138 valence electrons. The van der Waals surface area contributed by atoms with Gasteiger partial charge in [0.15, 0.2) is 0 Å². The molecule has 0 amide bonds. The predicted octanol–water partition coefficient (Wildman–Crippen LogP) is -0.258. The van der Waals surface area contributed by atoms with Crippen molar-refractivity contribution in [2.45, 2.75) is 25.5 Å². The largest absolute Gasteiger partial charge is 0.449 e. The molecule has 0 saturated heterocycles. The highest BCUT2D eigenvalue weighted by Crippen LogP contribution is 2.70. The van der Waals surface area contributed by atoms with E-state index in [-0.39, 0.29) is 5.92 Å². The Hall–Kier alpha value is -0.550. The van der Waals surface area contributed by atoms with Crippen LogP contribution in [0.15, 0.2) is 30.9 Å². The average Bonchev–Trinajstić information content (AvgIpc) is 2.97. The second-order valence-corrected chi connectivity index (χ2v) is 8.92. The van der Waals surface area contributed by atoms with Crippen LogP contribution in [0.25, 0.3) is 0 Å². The van der Waals surface area contributed by atoms with Gasteiger partial charge in [-0.25, -0.2) is 9.61 Å². The maximum atomic E-state index is 10.3. The molecule has 7 N–H and O–H groups in total. The van der Waals surface area contributed by atoms with Crippen molar-refractivity contribution >= 4 is 16.3 Å². The van der Waals surface area contributed by atoms with Crippen molar-refractivity contribution in [3.05, 3.63) is 30.9 Å². The first-order chi connectivity index (χ1) is 11.1. The van der Waals surface area contributed by atoms with Gasteiger partial charge in [0.05, 0.1) is 6.33 Å². The van der Waals surface area contributed by atoms with Crippen LogP contribution in [0.1, 0.15) is 13.8 Å². The smallest absolute Gasteiger partial charge is 0.344 e. The van der Waals surface area contributed by atoms with Crippen molar-refractivity contribution in [1.82, 2.24) is 20.7 Å². The van der Waals surface area contributed by atoms with E-state index in [1.54, 1.807) is 0 Å². The molecule has 0 aliphatic rings. The molecule has 11 nitrogen and oxygen atoms in total. The maximum absolute atomic E-state index is 10.3. The molecule has 0 aromatic carbocycles. The Morgan fingerprint density at radius 2 is 2.17 bits per heavy atom. The van der Waals surface area contributed by atoms with Gasteiger partial charge in [-0.2, -0.15) is 25.1 Å². The summed E-state index contributed by atoms with van der Waals surface area (Å²) in [4.78, 5) is 46.7. The summed E-state index contributed by atoms with van der Waals surface area (Å²) in [5, 5.41) is 7.55. The number of aromatic nitrogens is 2. The normalized spacial score (nSPS) is 17.3. The van der Waals surface area contributed by atoms with Crippen molar-refractivity contribution in [1.29, 1.82) is 0 Å². The molecule has 0 saturated carbocycles. The number of aliphatic hydroxyl groups is 1. The summed E-state index contributed by atoms with van der Waals surface area (Å²) in [5.74, 6) is 0.117. The topological polar surface area (TPSA) is 161 Å². The van der Waals surface area contributed by atoms with Crippen LogP contribution in [0.4, 0.5) is 0 Å². The Kier molecular flexibility index (Phi) is 8.27. The molecule has 0 aliphatic carbocycles. The van der Waals surface area contributed by atoms with Gasteiger partial charge in [0, 0.05) is 18.9 Å². The zero-order valence-electron chi connectivity index (χ0n) is 13.3. The highest BCUT2D eigenvalue weighted by atomic mass is 31.3. The van der Waals surface area contributed by atoms with Crippen molar-refractivity contribution in [2.24, 2.45) is 5.92 Å². The Bertz CT molecular complexity index is 513. The van der Waals surface area contributed by atoms with Gasteiger partial charge in [-0.05, 0) is 12.8 Å². The lowest BCUT2D eigenvalue weighted by molar-refractivity contribution is -0.159. The molecule has 0 radical (unpaired) electrons. The summed E-state index contributed by atoms with van der Waals surface area (Å²) in [6.07, 6.45) is 4.03. The van der Waals surface area contributed by atoms with E-state index >= 15 is 0 Å². The number of nitrogens with zero attached hydrogens (tertiary/aromatic N) is 2. The highest BCUT2D eigenvalue weighted by Gasteiger charge is 2.65. The molecule has 1 unspecified atom stereocenters. The third kappa shape index (κ3) is 6.07. The Balaban J connectivity index is 2.54. The fourth-order valence-corrected chi connectivity index (χ4v) is 3.32. The Morgan fingerprint density at radius 3 is 2.67 bits per heavy atom. The van der Waals surface area contributed by atoms with Gasteiger partial charge in [-0.3, -0.25) is 0 Å². The van der Waals surface area contributed by atoms with E-state index in [0.29, 0.717) is 6.54 Å². The van der Waals surface area contributed by atoms with Crippen molar-refractivity contribution in [3.8, 4) is 0 Å². The summed E-state index contributed by atoms with van der Waals surface area (Å²) >= 11 is 0. The summed E-state index contributed by atoms with van der Waals surface area (Å²) < 4.78 is 5.89. The quantitative estimate of drug-likeness (QED) is 0.117. The summed E-state index contributed by atoms with van der Waals surface area (Å²) in [6.45, 7) is 7.37. The fraction of sp³-hybridized carbons (Fsp3) is 0.545. The summed E-state index contributed by atoms with van der Waals surface area (Å²) in [7, 11) is -7.84. The first-order valence-electron chi connectivity index (χ1n) is 6.78. The second-order valence-electron chi connectivity index (χ2n) is 5.22. The monoisotopic (exact) mass is 385 g/mol. The first-order valence-corrected chi connectivity index (χ1v) is 9.64. The minimum Gasteiger partial charge on any atom is -0.344 e. The number of imidazole rings is 1. The van der Waals surface area contributed by atoms with Gasteiger partial charge in [0.1, 0.15) is 6.54 Å². The van der Waals surface area contributed by atoms with Crippen LogP contribution in [0, 0.1) is 5.92 Å². The van der Waals surface area contributed by atoms with E-state index in [1.807, 2.05) is 19.5 Å². The number of hydrogen-bond acceptors (Lipinski definition) is 10. The van der Waals surface area contributed by atoms with E-state index in [2.05, 4.69) is 21.7 Å². The second kappa shape index (κ2) is 9.23. The SMILES string of the molecule is C=C(C)[C@@H](C)CNONO[P@@](O)C(O)(Cn1ccnc1)[P+](O)(O)O. The molecule has 0 bridgehead atoms. The molecular formula is C11H23N4O7P2+. The average molecular weight is 385 g/mol. The molecular weight excluding hydrogens is 362 g/mol. The van der Waals surface area contributed by atoms with E-state index in [0.717, 1.165) is 5.57 Å².